The van der Waals surface area contributed by atoms with Gasteiger partial charge in [-0.05, 0) is 60.9 Å². The van der Waals surface area contributed by atoms with Crippen LogP contribution in [0.1, 0.15) is 16.7 Å². The number of hydrogen-bond acceptors (Lipinski definition) is 4. The third kappa shape index (κ3) is 5.23. The highest BCUT2D eigenvalue weighted by atomic mass is 32.2. The lowest BCUT2D eigenvalue weighted by Crippen LogP contribution is -2.15. The number of thioether (sulfide) groups is 1. The quantitative estimate of drug-likeness (QED) is 0.382. The highest BCUT2D eigenvalue weighted by Gasteiger charge is 2.16. The third-order valence-corrected chi connectivity index (χ3v) is 5.97. The molecular weight excluding hydrogens is 423 g/mol. The Labute approximate surface area is 190 Å². The van der Waals surface area contributed by atoms with Crippen LogP contribution in [0.5, 0.6) is 0 Å². The number of benzene rings is 3. The van der Waals surface area contributed by atoms with Crippen molar-refractivity contribution in [3.8, 4) is 11.4 Å². The molecule has 0 fully saturated rings. The molecular formula is C25H23FN4OS. The fraction of sp³-hybridized carbons (Fsp3) is 0.160. The van der Waals surface area contributed by atoms with Crippen LogP contribution in [0.25, 0.3) is 11.4 Å². The van der Waals surface area contributed by atoms with E-state index in [9.17, 15) is 9.18 Å². The zero-order valence-electron chi connectivity index (χ0n) is 17.9. The standard InChI is InChI=1S/C25H23FN4OS/c1-17-8-9-18(2)22(14-17)27-23(31)16-32-25-29-28-24(20-10-12-21(26)13-11-20)30(25)15-19-6-4-3-5-7-19/h3-14H,15-16H2,1-2H3,(H,27,31). The second-order valence-electron chi connectivity index (χ2n) is 7.54. The number of aromatic nitrogens is 3. The largest absolute Gasteiger partial charge is 0.325 e. The van der Waals surface area contributed by atoms with Crippen molar-refractivity contribution in [3.63, 3.8) is 0 Å². The molecule has 0 bridgehead atoms. The van der Waals surface area contributed by atoms with Crippen LogP contribution in [0.2, 0.25) is 0 Å². The second-order valence-corrected chi connectivity index (χ2v) is 8.48. The van der Waals surface area contributed by atoms with Crippen molar-refractivity contribution in [2.24, 2.45) is 0 Å². The molecule has 0 unspecified atom stereocenters. The Bertz CT molecular complexity index is 1220. The van der Waals surface area contributed by atoms with E-state index in [4.69, 9.17) is 0 Å². The number of rotatable bonds is 7. The van der Waals surface area contributed by atoms with Gasteiger partial charge in [-0.15, -0.1) is 10.2 Å². The highest BCUT2D eigenvalue weighted by Crippen LogP contribution is 2.26. The van der Waals surface area contributed by atoms with Crippen molar-refractivity contribution in [1.82, 2.24) is 14.8 Å². The highest BCUT2D eigenvalue weighted by molar-refractivity contribution is 7.99. The molecule has 0 saturated carbocycles. The number of nitrogens with zero attached hydrogens (tertiary/aromatic N) is 3. The number of aryl methyl sites for hydroxylation is 2. The van der Waals surface area contributed by atoms with Gasteiger partial charge in [0, 0.05) is 11.3 Å². The molecule has 5 nitrogen and oxygen atoms in total. The molecule has 4 rings (SSSR count). The Morgan fingerprint density at radius 2 is 1.75 bits per heavy atom. The van der Waals surface area contributed by atoms with Gasteiger partial charge in [0.05, 0.1) is 12.3 Å². The summed E-state index contributed by atoms with van der Waals surface area (Å²) in [7, 11) is 0. The normalized spacial score (nSPS) is 10.8. The van der Waals surface area contributed by atoms with Crippen molar-refractivity contribution >= 4 is 23.4 Å². The maximum atomic E-state index is 13.4. The minimum Gasteiger partial charge on any atom is -0.325 e. The predicted molar refractivity (Wildman–Crippen MR) is 126 cm³/mol. The summed E-state index contributed by atoms with van der Waals surface area (Å²) in [4.78, 5) is 12.6. The SMILES string of the molecule is Cc1ccc(C)c(NC(=O)CSc2nnc(-c3ccc(F)cc3)n2Cc2ccccc2)c1. The fourth-order valence-corrected chi connectivity index (χ4v) is 4.04. The van der Waals surface area contributed by atoms with E-state index in [1.54, 1.807) is 12.1 Å². The minimum atomic E-state index is -0.305. The van der Waals surface area contributed by atoms with Crippen LogP contribution in [-0.2, 0) is 11.3 Å². The average Bonchev–Trinajstić information content (AvgIpc) is 3.18. The molecule has 162 valence electrons. The molecule has 4 aromatic rings. The first-order valence-corrected chi connectivity index (χ1v) is 11.2. The lowest BCUT2D eigenvalue weighted by Gasteiger charge is -2.11. The fourth-order valence-electron chi connectivity index (χ4n) is 3.30. The van der Waals surface area contributed by atoms with Crippen LogP contribution in [0, 0.1) is 19.7 Å². The van der Waals surface area contributed by atoms with E-state index in [-0.39, 0.29) is 17.5 Å². The van der Waals surface area contributed by atoms with Gasteiger partial charge in [-0.1, -0.05) is 54.2 Å². The van der Waals surface area contributed by atoms with Gasteiger partial charge in [0.25, 0.3) is 0 Å². The molecule has 32 heavy (non-hydrogen) atoms. The molecule has 3 aromatic carbocycles. The van der Waals surface area contributed by atoms with Crippen LogP contribution in [0.3, 0.4) is 0 Å². The maximum Gasteiger partial charge on any atom is 0.234 e. The molecule has 0 spiro atoms. The monoisotopic (exact) mass is 446 g/mol. The van der Waals surface area contributed by atoms with E-state index in [2.05, 4.69) is 15.5 Å². The summed E-state index contributed by atoms with van der Waals surface area (Å²) < 4.78 is 15.4. The Morgan fingerprint density at radius 3 is 2.50 bits per heavy atom. The summed E-state index contributed by atoms with van der Waals surface area (Å²) in [6.07, 6.45) is 0. The smallest absolute Gasteiger partial charge is 0.234 e. The van der Waals surface area contributed by atoms with Gasteiger partial charge in [0.15, 0.2) is 11.0 Å². The molecule has 0 saturated heterocycles. The van der Waals surface area contributed by atoms with Crippen LogP contribution in [0.15, 0.2) is 78.0 Å². The Kier molecular flexibility index (Phi) is 6.66. The van der Waals surface area contributed by atoms with Crippen molar-refractivity contribution in [1.29, 1.82) is 0 Å². The molecule has 1 heterocycles. The van der Waals surface area contributed by atoms with Crippen LogP contribution < -0.4 is 5.32 Å². The van der Waals surface area contributed by atoms with E-state index < -0.39 is 0 Å². The summed E-state index contributed by atoms with van der Waals surface area (Å²) in [5, 5.41) is 12.3. The Hall–Kier alpha value is -3.45. The van der Waals surface area contributed by atoms with E-state index in [1.807, 2.05) is 66.9 Å². The average molecular weight is 447 g/mol. The van der Waals surface area contributed by atoms with Gasteiger partial charge in [0.2, 0.25) is 5.91 Å². The summed E-state index contributed by atoms with van der Waals surface area (Å²) in [6.45, 7) is 4.50. The summed E-state index contributed by atoms with van der Waals surface area (Å²) in [6, 6.07) is 22.1. The van der Waals surface area contributed by atoms with Gasteiger partial charge >= 0.3 is 0 Å². The molecule has 0 atom stereocenters. The minimum absolute atomic E-state index is 0.110. The Balaban J connectivity index is 1.55. The molecule has 7 heteroatoms. The summed E-state index contributed by atoms with van der Waals surface area (Å²) in [5.74, 6) is 0.414. The van der Waals surface area contributed by atoms with Crippen LogP contribution in [-0.4, -0.2) is 26.4 Å². The zero-order chi connectivity index (χ0) is 22.5. The number of hydrogen-bond donors (Lipinski definition) is 1. The number of carbonyl (C=O) groups excluding carboxylic acids is 1. The number of carbonyl (C=O) groups is 1. The van der Waals surface area contributed by atoms with E-state index in [0.717, 1.165) is 27.9 Å². The maximum absolute atomic E-state index is 13.4. The predicted octanol–water partition coefficient (Wildman–Crippen LogP) is 5.48. The van der Waals surface area contributed by atoms with Crippen molar-refractivity contribution in [3.05, 3.63) is 95.3 Å². The van der Waals surface area contributed by atoms with Gasteiger partial charge in [-0.25, -0.2) is 4.39 Å². The van der Waals surface area contributed by atoms with Gasteiger partial charge in [-0.2, -0.15) is 0 Å². The Morgan fingerprint density at radius 1 is 1.00 bits per heavy atom. The van der Waals surface area contributed by atoms with Crippen LogP contribution in [0.4, 0.5) is 10.1 Å². The molecule has 1 aromatic heterocycles. The molecule has 1 N–H and O–H groups in total. The molecule has 0 radical (unpaired) electrons. The van der Waals surface area contributed by atoms with Crippen LogP contribution >= 0.6 is 11.8 Å². The second kappa shape index (κ2) is 9.78. The molecule has 1 amide bonds. The zero-order valence-corrected chi connectivity index (χ0v) is 18.7. The third-order valence-electron chi connectivity index (χ3n) is 5.00. The lowest BCUT2D eigenvalue weighted by molar-refractivity contribution is -0.113. The van der Waals surface area contributed by atoms with Gasteiger partial charge in [0.1, 0.15) is 5.82 Å². The van der Waals surface area contributed by atoms with E-state index in [0.29, 0.717) is 17.5 Å². The molecule has 0 aliphatic heterocycles. The van der Waals surface area contributed by atoms with E-state index >= 15 is 0 Å². The molecule has 0 aliphatic rings. The first-order valence-electron chi connectivity index (χ1n) is 10.2. The topological polar surface area (TPSA) is 59.8 Å². The number of nitrogens with one attached hydrogen (secondary N) is 1. The summed E-state index contributed by atoms with van der Waals surface area (Å²) in [5.41, 5.74) is 4.76. The first-order chi connectivity index (χ1) is 15.5. The van der Waals surface area contributed by atoms with Crippen molar-refractivity contribution in [2.45, 2.75) is 25.5 Å². The van der Waals surface area contributed by atoms with Gasteiger partial charge in [-0.3, -0.25) is 9.36 Å². The molecule has 0 aliphatic carbocycles. The van der Waals surface area contributed by atoms with E-state index in [1.165, 1.54) is 23.9 Å². The number of halogens is 1. The van der Waals surface area contributed by atoms with Gasteiger partial charge < -0.3 is 5.32 Å². The number of anilines is 1. The number of amides is 1. The van der Waals surface area contributed by atoms with Crippen molar-refractivity contribution in [2.75, 3.05) is 11.1 Å². The lowest BCUT2D eigenvalue weighted by atomic mass is 10.1. The first kappa shape index (κ1) is 21.8. The van der Waals surface area contributed by atoms with Crippen molar-refractivity contribution < 1.29 is 9.18 Å². The summed E-state index contributed by atoms with van der Waals surface area (Å²) >= 11 is 1.33.